The van der Waals surface area contributed by atoms with Gasteiger partial charge in [-0.3, -0.25) is 24.6 Å². The SMILES string of the molecule is CCC[C@@H](C(=O)NN(C)C(=O)Cc1ccccc1)N(CC)C(=O)NOS(=O)(=O)O. The first-order chi connectivity index (χ1) is 13.6. The Morgan fingerprint density at radius 1 is 1.17 bits per heavy atom. The molecule has 4 amide bonds. The Balaban J connectivity index is 2.80. The van der Waals surface area contributed by atoms with Crippen molar-refractivity contribution in [1.29, 1.82) is 0 Å². The molecule has 0 radical (unpaired) electrons. The fourth-order valence-corrected chi connectivity index (χ4v) is 2.72. The largest absolute Gasteiger partial charge is 0.418 e. The quantitative estimate of drug-likeness (QED) is 0.385. The van der Waals surface area contributed by atoms with Crippen LogP contribution in [-0.4, -0.2) is 60.4 Å². The Hall–Kier alpha value is -2.70. The highest BCUT2D eigenvalue weighted by molar-refractivity contribution is 7.80. The Labute approximate surface area is 169 Å². The number of hydroxylamine groups is 1. The van der Waals surface area contributed by atoms with Gasteiger partial charge in [-0.05, 0) is 18.9 Å². The summed E-state index contributed by atoms with van der Waals surface area (Å²) in [5.74, 6) is -0.985. The maximum atomic E-state index is 12.7. The van der Waals surface area contributed by atoms with Gasteiger partial charge in [0, 0.05) is 13.6 Å². The monoisotopic (exact) mass is 430 g/mol. The Kier molecular flexibility index (Phi) is 9.51. The van der Waals surface area contributed by atoms with E-state index in [2.05, 4.69) is 9.71 Å². The zero-order chi connectivity index (χ0) is 22.0. The number of carbonyl (C=O) groups is 3. The predicted octanol–water partition coefficient (Wildman–Crippen LogP) is 0.653. The van der Waals surface area contributed by atoms with Crippen LogP contribution in [0.2, 0.25) is 0 Å². The number of nitrogens with zero attached hydrogens (tertiary/aromatic N) is 2. The van der Waals surface area contributed by atoms with Crippen molar-refractivity contribution in [3.63, 3.8) is 0 Å². The average Bonchev–Trinajstić information content (AvgIpc) is 2.66. The molecule has 1 rings (SSSR count). The molecule has 11 nitrogen and oxygen atoms in total. The first-order valence-corrected chi connectivity index (χ1v) is 10.3. The number of amides is 4. The fraction of sp³-hybridized carbons (Fsp3) is 0.471. The average molecular weight is 430 g/mol. The van der Waals surface area contributed by atoms with Crippen LogP contribution in [0.15, 0.2) is 30.3 Å². The molecule has 29 heavy (non-hydrogen) atoms. The van der Waals surface area contributed by atoms with Crippen LogP contribution >= 0.6 is 0 Å². The van der Waals surface area contributed by atoms with E-state index < -0.39 is 28.4 Å². The highest BCUT2D eigenvalue weighted by atomic mass is 32.3. The molecule has 1 aromatic rings. The number of hydrogen-bond acceptors (Lipinski definition) is 6. The molecule has 3 N–H and O–H groups in total. The third-order valence-electron chi connectivity index (χ3n) is 3.93. The maximum Gasteiger partial charge on any atom is 0.418 e. The number of carbonyl (C=O) groups excluding carboxylic acids is 3. The molecule has 0 heterocycles. The summed E-state index contributed by atoms with van der Waals surface area (Å²) in [7, 11) is -3.50. The Morgan fingerprint density at radius 2 is 1.79 bits per heavy atom. The molecule has 0 bridgehead atoms. The van der Waals surface area contributed by atoms with E-state index >= 15 is 0 Å². The minimum absolute atomic E-state index is 0.0421. The molecule has 162 valence electrons. The lowest BCUT2D eigenvalue weighted by molar-refractivity contribution is -0.141. The zero-order valence-electron chi connectivity index (χ0n) is 16.5. The number of rotatable bonds is 9. The summed E-state index contributed by atoms with van der Waals surface area (Å²) >= 11 is 0. The maximum absolute atomic E-state index is 12.7. The molecule has 12 heteroatoms. The molecule has 0 saturated carbocycles. The molecule has 1 atom stereocenters. The number of hydrogen-bond donors (Lipinski definition) is 3. The lowest BCUT2D eigenvalue weighted by Gasteiger charge is -2.30. The van der Waals surface area contributed by atoms with Gasteiger partial charge in [0.05, 0.1) is 6.42 Å². The van der Waals surface area contributed by atoms with Crippen LogP contribution in [-0.2, 0) is 30.7 Å². The Morgan fingerprint density at radius 3 is 2.31 bits per heavy atom. The van der Waals surface area contributed by atoms with Gasteiger partial charge in [-0.25, -0.2) is 4.79 Å². The summed E-state index contributed by atoms with van der Waals surface area (Å²) in [5, 5.41) is 1.04. The van der Waals surface area contributed by atoms with Gasteiger partial charge in [-0.1, -0.05) is 43.7 Å². The summed E-state index contributed by atoms with van der Waals surface area (Å²) < 4.78 is 33.7. The van der Waals surface area contributed by atoms with Crippen LogP contribution in [0.4, 0.5) is 4.79 Å². The van der Waals surface area contributed by atoms with Gasteiger partial charge in [0.15, 0.2) is 0 Å². The topological polar surface area (TPSA) is 145 Å². The summed E-state index contributed by atoms with van der Waals surface area (Å²) in [6, 6.07) is 6.96. The molecule has 0 aromatic heterocycles. The highest BCUT2D eigenvalue weighted by Crippen LogP contribution is 2.09. The fourth-order valence-electron chi connectivity index (χ4n) is 2.55. The van der Waals surface area contributed by atoms with Gasteiger partial charge in [-0.15, -0.1) is 4.28 Å². The first kappa shape index (κ1) is 24.3. The second-order valence-electron chi connectivity index (χ2n) is 6.10. The van der Waals surface area contributed by atoms with Gasteiger partial charge in [0.2, 0.25) is 5.91 Å². The van der Waals surface area contributed by atoms with Crippen molar-refractivity contribution in [3.05, 3.63) is 35.9 Å². The molecule has 0 aliphatic heterocycles. The smallest absolute Gasteiger partial charge is 0.311 e. The third-order valence-corrected chi connectivity index (χ3v) is 4.22. The highest BCUT2D eigenvalue weighted by Gasteiger charge is 2.30. The van der Waals surface area contributed by atoms with Crippen molar-refractivity contribution in [2.45, 2.75) is 39.2 Å². The zero-order valence-corrected chi connectivity index (χ0v) is 17.3. The van der Waals surface area contributed by atoms with E-state index in [1.165, 1.54) is 7.05 Å². The molecule has 0 spiro atoms. The molecule has 0 aliphatic rings. The lowest BCUT2D eigenvalue weighted by atomic mass is 10.1. The summed E-state index contributed by atoms with van der Waals surface area (Å²) in [6.45, 7) is 3.42. The number of urea groups is 1. The van der Waals surface area contributed by atoms with E-state index in [9.17, 15) is 22.8 Å². The minimum atomic E-state index is -4.89. The van der Waals surface area contributed by atoms with E-state index in [0.29, 0.717) is 6.42 Å². The third kappa shape index (κ3) is 8.46. The van der Waals surface area contributed by atoms with Crippen molar-refractivity contribution in [2.24, 2.45) is 0 Å². The minimum Gasteiger partial charge on any atom is -0.311 e. The Bertz CT molecular complexity index is 801. The van der Waals surface area contributed by atoms with Gasteiger partial charge < -0.3 is 4.90 Å². The van der Waals surface area contributed by atoms with E-state index in [-0.39, 0.29) is 25.3 Å². The second-order valence-corrected chi connectivity index (χ2v) is 7.12. The van der Waals surface area contributed by atoms with Crippen LogP contribution in [0.5, 0.6) is 0 Å². The van der Waals surface area contributed by atoms with E-state index in [1.807, 2.05) is 6.07 Å². The van der Waals surface area contributed by atoms with Crippen molar-refractivity contribution in [3.8, 4) is 0 Å². The van der Waals surface area contributed by atoms with Gasteiger partial charge >= 0.3 is 16.4 Å². The lowest BCUT2D eigenvalue weighted by Crippen LogP contribution is -2.56. The van der Waals surface area contributed by atoms with Crippen molar-refractivity contribution >= 4 is 28.2 Å². The van der Waals surface area contributed by atoms with Gasteiger partial charge in [0.1, 0.15) is 6.04 Å². The molecule has 0 fully saturated rings. The van der Waals surface area contributed by atoms with E-state index in [0.717, 1.165) is 15.5 Å². The molecular weight excluding hydrogens is 404 g/mol. The number of hydrazine groups is 1. The van der Waals surface area contributed by atoms with Crippen LogP contribution in [0, 0.1) is 0 Å². The normalized spacial score (nSPS) is 12.0. The van der Waals surface area contributed by atoms with Crippen LogP contribution < -0.4 is 10.9 Å². The number of benzene rings is 1. The van der Waals surface area contributed by atoms with Crippen LogP contribution in [0.3, 0.4) is 0 Å². The number of nitrogens with one attached hydrogen (secondary N) is 2. The van der Waals surface area contributed by atoms with Crippen molar-refractivity contribution < 1.29 is 31.6 Å². The predicted molar refractivity (Wildman–Crippen MR) is 103 cm³/mol. The van der Waals surface area contributed by atoms with Crippen molar-refractivity contribution in [2.75, 3.05) is 13.6 Å². The summed E-state index contributed by atoms with van der Waals surface area (Å²) in [4.78, 5) is 38.2. The van der Waals surface area contributed by atoms with E-state index in [4.69, 9.17) is 4.55 Å². The standard InChI is InChI=1S/C17H26N4O7S/c1-4-9-14(21(5-2)17(24)19-28-29(25,26)27)16(23)18-20(3)15(22)12-13-10-7-6-8-11-13/h6-8,10-11,14H,4-5,9,12H2,1-3H3,(H,18,23)(H,19,24)(H,25,26,27)/t14-/m0/s1. The van der Waals surface area contributed by atoms with Crippen LogP contribution in [0.1, 0.15) is 32.3 Å². The molecule has 0 unspecified atom stereocenters. The van der Waals surface area contributed by atoms with Gasteiger partial charge in [0.25, 0.3) is 5.91 Å². The van der Waals surface area contributed by atoms with E-state index in [1.54, 1.807) is 43.6 Å². The number of likely N-dealkylation sites (N-methyl/N-ethyl adjacent to an activating group) is 2. The first-order valence-electron chi connectivity index (χ1n) is 8.92. The summed E-state index contributed by atoms with van der Waals surface area (Å²) in [6.07, 6.45) is 0.860. The second kappa shape index (κ2) is 11.3. The molecule has 0 aliphatic carbocycles. The molecule has 1 aromatic carbocycles. The summed E-state index contributed by atoms with van der Waals surface area (Å²) in [5.41, 5.74) is 4.78. The van der Waals surface area contributed by atoms with Crippen molar-refractivity contribution in [1.82, 2.24) is 20.8 Å². The van der Waals surface area contributed by atoms with Gasteiger partial charge in [-0.2, -0.15) is 13.9 Å². The molecule has 0 saturated heterocycles. The molecular formula is C17H26N4O7S. The van der Waals surface area contributed by atoms with Crippen LogP contribution in [0.25, 0.3) is 0 Å².